The number of aromatic nitrogens is 3. The molecular weight excluding hydrogens is 466 g/mol. The Hall–Kier alpha value is -4.41. The van der Waals surface area contributed by atoms with Gasteiger partial charge in [0, 0.05) is 12.1 Å². The van der Waals surface area contributed by atoms with Crippen LogP contribution in [-0.2, 0) is 9.59 Å². The molecule has 2 aliphatic rings. The first-order valence-corrected chi connectivity index (χ1v) is 11.4. The number of ether oxygens (including phenoxy) is 3. The Bertz CT molecular complexity index is 1350. The predicted molar refractivity (Wildman–Crippen MR) is 129 cm³/mol. The molecule has 3 unspecified atom stereocenters. The number of methoxy groups -OCH3 is 2. The lowest BCUT2D eigenvalue weighted by Crippen LogP contribution is -2.41. The second kappa shape index (κ2) is 9.33. The zero-order chi connectivity index (χ0) is 25.4. The molecule has 3 N–H and O–H groups in total. The predicted octanol–water partition coefficient (Wildman–Crippen LogP) is 2.78. The van der Waals surface area contributed by atoms with Crippen molar-refractivity contribution in [1.29, 1.82) is 0 Å². The summed E-state index contributed by atoms with van der Waals surface area (Å²) in [4.78, 5) is 33.4. The fourth-order valence-corrected chi connectivity index (χ4v) is 4.93. The van der Waals surface area contributed by atoms with Gasteiger partial charge in [0.2, 0.25) is 11.9 Å². The van der Waals surface area contributed by atoms with Gasteiger partial charge < -0.3 is 25.1 Å². The van der Waals surface area contributed by atoms with Crippen LogP contribution in [-0.4, -0.2) is 58.2 Å². The molecule has 2 aromatic carbocycles. The molecule has 11 nitrogen and oxygen atoms in total. The van der Waals surface area contributed by atoms with Crippen molar-refractivity contribution >= 4 is 29.4 Å². The SMILES string of the molecule is COc1ccc(C2CC(=O)C3C(=Nc4nc(N)nn4C3c3ccc(OCC(=O)O)cc3)C2)cc1OC. The van der Waals surface area contributed by atoms with E-state index in [1.807, 2.05) is 18.2 Å². The zero-order valence-electron chi connectivity index (χ0n) is 19.7. The number of Topliss-reactive ketones (excluding diaryl/α,β-unsaturated/α-hetero) is 1. The molecule has 3 atom stereocenters. The molecule has 0 spiro atoms. The highest BCUT2D eigenvalue weighted by atomic mass is 16.5. The van der Waals surface area contributed by atoms with Crippen molar-refractivity contribution in [3.05, 3.63) is 53.6 Å². The van der Waals surface area contributed by atoms with Gasteiger partial charge in [-0.1, -0.05) is 18.2 Å². The quantitative estimate of drug-likeness (QED) is 0.508. The van der Waals surface area contributed by atoms with Crippen LogP contribution in [0.4, 0.5) is 11.9 Å². The van der Waals surface area contributed by atoms with Gasteiger partial charge in [0.05, 0.1) is 26.2 Å². The average molecular weight is 492 g/mol. The molecule has 3 aromatic rings. The second-order valence-corrected chi connectivity index (χ2v) is 8.68. The number of hydrogen-bond donors (Lipinski definition) is 2. The highest BCUT2D eigenvalue weighted by Crippen LogP contribution is 2.45. The van der Waals surface area contributed by atoms with E-state index in [1.54, 1.807) is 43.2 Å². The number of hydrogen-bond acceptors (Lipinski definition) is 9. The van der Waals surface area contributed by atoms with E-state index in [0.717, 1.165) is 16.8 Å². The van der Waals surface area contributed by atoms with Crippen molar-refractivity contribution in [2.75, 3.05) is 26.6 Å². The molecular formula is C25H25N5O6. The first-order chi connectivity index (χ1) is 17.4. The Morgan fingerprint density at radius 1 is 1.08 bits per heavy atom. The molecule has 0 amide bonds. The lowest BCUT2D eigenvalue weighted by molar-refractivity contribution is -0.139. The summed E-state index contributed by atoms with van der Waals surface area (Å²) in [6.07, 6.45) is 0.893. The molecule has 0 saturated heterocycles. The van der Waals surface area contributed by atoms with Crippen molar-refractivity contribution < 1.29 is 28.9 Å². The number of nitrogens with two attached hydrogens (primary N) is 1. The number of carboxylic acid groups (broad SMARTS) is 1. The Morgan fingerprint density at radius 2 is 1.81 bits per heavy atom. The number of nitrogen functional groups attached to an aromatic ring is 1. The van der Waals surface area contributed by atoms with Crippen LogP contribution in [0.2, 0.25) is 0 Å². The van der Waals surface area contributed by atoms with Crippen LogP contribution in [0.15, 0.2) is 47.5 Å². The summed E-state index contributed by atoms with van der Waals surface area (Å²) in [6, 6.07) is 12.1. The van der Waals surface area contributed by atoms with Crippen molar-refractivity contribution in [2.24, 2.45) is 10.9 Å². The van der Waals surface area contributed by atoms with Gasteiger partial charge in [-0.15, -0.1) is 5.10 Å². The molecule has 0 radical (unpaired) electrons. The Morgan fingerprint density at radius 3 is 2.50 bits per heavy atom. The number of aliphatic imine (C=N–C) groups is 1. The van der Waals surface area contributed by atoms with E-state index in [-0.39, 0.29) is 17.6 Å². The lowest BCUT2D eigenvalue weighted by Gasteiger charge is -2.37. The minimum atomic E-state index is -1.06. The highest BCUT2D eigenvalue weighted by Gasteiger charge is 2.44. The summed E-state index contributed by atoms with van der Waals surface area (Å²) in [6.45, 7) is -0.442. The highest BCUT2D eigenvalue weighted by molar-refractivity contribution is 6.10. The van der Waals surface area contributed by atoms with Crippen LogP contribution in [0.25, 0.3) is 0 Å². The number of rotatable bonds is 7. The molecule has 11 heteroatoms. The summed E-state index contributed by atoms with van der Waals surface area (Å²) in [5, 5.41) is 13.2. The van der Waals surface area contributed by atoms with Gasteiger partial charge in [-0.25, -0.2) is 14.5 Å². The lowest BCUT2D eigenvalue weighted by atomic mass is 9.72. The number of ketones is 1. The first-order valence-electron chi connectivity index (χ1n) is 11.4. The smallest absolute Gasteiger partial charge is 0.341 e. The van der Waals surface area contributed by atoms with Crippen molar-refractivity contribution in [3.8, 4) is 17.2 Å². The number of benzene rings is 2. The maximum atomic E-state index is 13.6. The topological polar surface area (TPSA) is 151 Å². The molecule has 1 aliphatic heterocycles. The summed E-state index contributed by atoms with van der Waals surface area (Å²) < 4.78 is 17.6. The Balaban J connectivity index is 1.48. The Kier molecular flexibility index (Phi) is 6.05. The van der Waals surface area contributed by atoms with Crippen LogP contribution in [0.5, 0.6) is 17.2 Å². The molecule has 2 heterocycles. The van der Waals surface area contributed by atoms with Crippen molar-refractivity contribution in [1.82, 2.24) is 14.8 Å². The van der Waals surface area contributed by atoms with E-state index in [4.69, 9.17) is 30.0 Å². The largest absolute Gasteiger partial charge is 0.493 e. The van der Waals surface area contributed by atoms with Crippen LogP contribution in [0, 0.1) is 5.92 Å². The minimum absolute atomic E-state index is 0.0377. The third-order valence-electron chi connectivity index (χ3n) is 6.52. The van der Waals surface area contributed by atoms with E-state index in [9.17, 15) is 9.59 Å². The van der Waals surface area contributed by atoms with E-state index in [0.29, 0.717) is 36.0 Å². The van der Waals surface area contributed by atoms with Gasteiger partial charge in [0.25, 0.3) is 0 Å². The molecule has 5 rings (SSSR count). The molecule has 1 saturated carbocycles. The number of aliphatic carboxylic acids is 1. The molecule has 0 bridgehead atoms. The second-order valence-electron chi connectivity index (χ2n) is 8.68. The van der Waals surface area contributed by atoms with Crippen LogP contribution in [0.3, 0.4) is 0 Å². The molecule has 1 aliphatic carbocycles. The van der Waals surface area contributed by atoms with Gasteiger partial charge in [-0.05, 0) is 47.7 Å². The fraction of sp³-hybridized carbons (Fsp3) is 0.320. The van der Waals surface area contributed by atoms with Crippen molar-refractivity contribution in [2.45, 2.75) is 24.8 Å². The molecule has 1 fully saturated rings. The number of carboxylic acids is 1. The van der Waals surface area contributed by atoms with Gasteiger partial charge in [-0.2, -0.15) is 4.98 Å². The standard InChI is InChI=1S/C25H25N5O6/c1-34-19-8-5-14(11-20(19)35-2)15-9-17-22(18(31)10-15)23(30-25(27-17)28-24(26)29-30)13-3-6-16(7-4-13)36-12-21(32)33/h3-8,11,15,22-23H,9-10,12H2,1-2H3,(H2,26,29)(H,32,33). The maximum Gasteiger partial charge on any atom is 0.341 e. The Labute approximate surface area is 206 Å². The summed E-state index contributed by atoms with van der Waals surface area (Å²) in [7, 11) is 3.16. The van der Waals surface area contributed by atoms with Crippen LogP contribution in [0.1, 0.15) is 35.9 Å². The van der Waals surface area contributed by atoms with Crippen LogP contribution < -0.4 is 19.9 Å². The number of carbonyl (C=O) groups is 2. The van der Waals surface area contributed by atoms with E-state index >= 15 is 0 Å². The monoisotopic (exact) mass is 491 g/mol. The van der Waals surface area contributed by atoms with Gasteiger partial charge in [0.1, 0.15) is 11.5 Å². The zero-order valence-corrected chi connectivity index (χ0v) is 19.7. The number of anilines is 1. The van der Waals surface area contributed by atoms with Crippen molar-refractivity contribution in [3.63, 3.8) is 0 Å². The third kappa shape index (κ3) is 4.23. The van der Waals surface area contributed by atoms with E-state index in [2.05, 4.69) is 10.1 Å². The third-order valence-corrected chi connectivity index (χ3v) is 6.52. The number of fused-ring (bicyclic) bond motifs is 2. The number of nitrogens with zero attached hydrogens (tertiary/aromatic N) is 4. The van der Waals surface area contributed by atoms with Crippen LogP contribution >= 0.6 is 0 Å². The van der Waals surface area contributed by atoms with Gasteiger partial charge >= 0.3 is 5.97 Å². The van der Waals surface area contributed by atoms with E-state index < -0.39 is 24.5 Å². The fourth-order valence-electron chi connectivity index (χ4n) is 4.93. The molecule has 186 valence electrons. The molecule has 36 heavy (non-hydrogen) atoms. The summed E-state index contributed by atoms with van der Waals surface area (Å²) in [5.41, 5.74) is 8.37. The summed E-state index contributed by atoms with van der Waals surface area (Å²) >= 11 is 0. The average Bonchev–Trinajstić information content (AvgIpc) is 3.25. The van der Waals surface area contributed by atoms with E-state index in [1.165, 1.54) is 0 Å². The normalized spacial score (nSPS) is 20.7. The first kappa shape index (κ1) is 23.3. The summed E-state index contributed by atoms with van der Waals surface area (Å²) in [5.74, 6) is 0.419. The van der Waals surface area contributed by atoms with Gasteiger partial charge in [-0.3, -0.25) is 4.79 Å². The maximum absolute atomic E-state index is 13.6. The molecule has 1 aromatic heterocycles. The number of carbonyl (C=O) groups excluding carboxylic acids is 1. The van der Waals surface area contributed by atoms with Gasteiger partial charge in [0.15, 0.2) is 18.1 Å². The minimum Gasteiger partial charge on any atom is -0.493 e.